The van der Waals surface area contributed by atoms with E-state index in [2.05, 4.69) is 0 Å². The zero-order valence-corrected chi connectivity index (χ0v) is 4.44. The van der Waals surface area contributed by atoms with Gasteiger partial charge in [0.05, 0.1) is 5.09 Å². The van der Waals surface area contributed by atoms with Gasteiger partial charge in [-0.3, -0.25) is 0 Å². The minimum atomic E-state index is -1.75. The van der Waals surface area contributed by atoms with Crippen LogP contribution in [0, 0.1) is 15.3 Å². The number of nitrogens with zero attached hydrogens (tertiary/aromatic N) is 1. The maximum Gasteiger partial charge on any atom is 0.0689 e. The molecule has 0 rings (SSSR count). The molecule has 0 aromatic heterocycles. The van der Waals surface area contributed by atoms with Crippen molar-refractivity contribution in [1.82, 2.24) is 6.15 Å². The molecule has 0 unspecified atom stereocenters. The molecule has 0 amide bonds. The fourth-order valence-electron chi connectivity index (χ4n) is 0. The maximum absolute atomic E-state index is 8.25. The monoisotopic (exact) mass is 127 g/mol. The summed E-state index contributed by atoms with van der Waals surface area (Å²) in [4.78, 5) is 8.25. The molecule has 0 aliphatic heterocycles. The van der Waals surface area contributed by atoms with E-state index in [0.29, 0.717) is 0 Å². The van der Waals surface area contributed by atoms with Gasteiger partial charge in [-0.1, -0.05) is 0 Å². The van der Waals surface area contributed by atoms with Crippen molar-refractivity contribution < 1.29 is 26.8 Å². The van der Waals surface area contributed by atoms with Gasteiger partial charge in [0.2, 0.25) is 0 Å². The molecule has 0 saturated carbocycles. The van der Waals surface area contributed by atoms with Crippen LogP contribution in [-0.4, -0.2) is 5.09 Å². The second-order valence-electron chi connectivity index (χ2n) is 0.224. The smallest absolute Gasteiger partial charge is 0.0689 e. The Morgan fingerprint density at radius 3 is 1.33 bits per heavy atom. The summed E-state index contributed by atoms with van der Waals surface area (Å²) < 4.78 is 0. The molecule has 5 nitrogen and oxygen atoms in total. The van der Waals surface area contributed by atoms with Gasteiger partial charge in [-0.25, -0.2) is 0 Å². The van der Waals surface area contributed by atoms with Crippen LogP contribution in [0.4, 0.5) is 0 Å². The Balaban J connectivity index is -0.0000000450. The molecular weight excluding hydrogens is 124 g/mol. The van der Waals surface area contributed by atoms with Gasteiger partial charge in [0.15, 0.2) is 0 Å². The number of hydrogen-bond acceptors (Lipinski definition) is 4. The quantitative estimate of drug-likeness (QED) is 0.279. The fraction of sp³-hybridized carbons (Fsp3) is 0. The summed E-state index contributed by atoms with van der Waals surface area (Å²) in [5, 5.41) is 14.8. The normalized spacial score (nSPS) is 4.00. The van der Waals surface area contributed by atoms with Crippen LogP contribution in [0.15, 0.2) is 0 Å². The third-order valence-corrected chi connectivity index (χ3v) is 0. The number of hydrogen-bond donors (Lipinski definition) is 1. The van der Waals surface area contributed by atoms with Crippen LogP contribution in [0.5, 0.6) is 0 Å². The second kappa shape index (κ2) is 8.86. The molecule has 0 aromatic rings. The molecule has 0 spiro atoms. The minimum absolute atomic E-state index is 0. The van der Waals surface area contributed by atoms with Crippen LogP contribution in [0.1, 0.15) is 0 Å². The molecule has 0 bridgehead atoms. The summed E-state index contributed by atoms with van der Waals surface area (Å²) in [6.07, 6.45) is 0. The van der Waals surface area contributed by atoms with Crippen LogP contribution in [0.2, 0.25) is 0 Å². The standard InChI is InChI=1S/NO3.H3N.Ti/c2-1(3)4;;/h;1H3;/q-1;;. The SMILES string of the molecule is N.O=[N+]([O-])[O-].[Ti]. The molecule has 0 saturated heterocycles. The zero-order chi connectivity index (χ0) is 3.58. The Morgan fingerprint density at radius 2 is 1.33 bits per heavy atom. The fourth-order valence-corrected chi connectivity index (χ4v) is 0. The molecule has 0 fully saturated rings. The van der Waals surface area contributed by atoms with Crippen LogP contribution in [0.3, 0.4) is 0 Å². The molecule has 3 N–H and O–H groups in total. The van der Waals surface area contributed by atoms with Gasteiger partial charge < -0.3 is 21.5 Å². The molecule has 6 heavy (non-hydrogen) atoms. The van der Waals surface area contributed by atoms with Gasteiger partial charge in [-0.15, -0.1) is 0 Å². The van der Waals surface area contributed by atoms with Crippen molar-refractivity contribution in [2.75, 3.05) is 0 Å². The summed E-state index contributed by atoms with van der Waals surface area (Å²) >= 11 is 0. The van der Waals surface area contributed by atoms with Gasteiger partial charge in [0.25, 0.3) is 0 Å². The average molecular weight is 127 g/mol. The first-order valence-electron chi connectivity index (χ1n) is 0.548. The summed E-state index contributed by atoms with van der Waals surface area (Å²) in [5.41, 5.74) is 0. The van der Waals surface area contributed by atoms with E-state index in [1.807, 2.05) is 0 Å². The van der Waals surface area contributed by atoms with E-state index in [4.69, 9.17) is 15.3 Å². The van der Waals surface area contributed by atoms with E-state index in [-0.39, 0.29) is 27.9 Å². The van der Waals surface area contributed by atoms with Crippen molar-refractivity contribution in [1.29, 1.82) is 0 Å². The van der Waals surface area contributed by atoms with E-state index < -0.39 is 5.09 Å². The summed E-state index contributed by atoms with van der Waals surface area (Å²) in [6.45, 7) is 0. The third-order valence-electron chi connectivity index (χ3n) is 0. The van der Waals surface area contributed by atoms with Crippen molar-refractivity contribution in [3.8, 4) is 0 Å². The van der Waals surface area contributed by atoms with Crippen LogP contribution >= 0.6 is 0 Å². The second-order valence-corrected chi connectivity index (χ2v) is 0.224. The van der Waals surface area contributed by atoms with E-state index in [0.717, 1.165) is 0 Å². The average Bonchev–Trinajstić information content (AvgIpc) is 0.811. The van der Waals surface area contributed by atoms with Gasteiger partial charge in [-0.2, -0.15) is 0 Å². The molecule has 0 aliphatic rings. The molecule has 0 atom stereocenters. The Kier molecular flexibility index (Phi) is 24.9. The first-order valence-corrected chi connectivity index (χ1v) is 0.548. The summed E-state index contributed by atoms with van der Waals surface area (Å²) in [5.74, 6) is 0. The molecular formula is H3N2O3Ti-. The Bertz CT molecular complexity index is 31.8. The Labute approximate surface area is 48.9 Å². The molecule has 0 aliphatic carbocycles. The minimum Gasteiger partial charge on any atom is -0.356 e. The summed E-state index contributed by atoms with van der Waals surface area (Å²) in [6, 6.07) is 0. The van der Waals surface area contributed by atoms with Gasteiger partial charge in [-0.05, 0) is 0 Å². The van der Waals surface area contributed by atoms with Gasteiger partial charge in [0, 0.05) is 21.7 Å². The van der Waals surface area contributed by atoms with Crippen molar-refractivity contribution >= 4 is 0 Å². The first kappa shape index (κ1) is 16.9. The largest absolute Gasteiger partial charge is 0.356 e. The first-order chi connectivity index (χ1) is 1.73. The zero-order valence-electron chi connectivity index (χ0n) is 2.88. The van der Waals surface area contributed by atoms with E-state index >= 15 is 0 Å². The molecule has 0 aromatic carbocycles. The van der Waals surface area contributed by atoms with E-state index in [9.17, 15) is 0 Å². The van der Waals surface area contributed by atoms with Gasteiger partial charge >= 0.3 is 0 Å². The predicted molar refractivity (Wildman–Crippen MR) is 15.4 cm³/mol. The van der Waals surface area contributed by atoms with Crippen LogP contribution in [0.25, 0.3) is 0 Å². The predicted octanol–water partition coefficient (Wildman–Crippen LogP) is -0.0796. The van der Waals surface area contributed by atoms with Crippen LogP contribution in [-0.2, 0) is 21.7 Å². The molecule has 0 heterocycles. The van der Waals surface area contributed by atoms with E-state index in [1.54, 1.807) is 0 Å². The van der Waals surface area contributed by atoms with Gasteiger partial charge in [0.1, 0.15) is 0 Å². The van der Waals surface area contributed by atoms with E-state index in [1.165, 1.54) is 0 Å². The van der Waals surface area contributed by atoms with Crippen LogP contribution < -0.4 is 6.15 Å². The van der Waals surface area contributed by atoms with Crippen molar-refractivity contribution in [3.05, 3.63) is 15.3 Å². The number of rotatable bonds is 0. The van der Waals surface area contributed by atoms with Crippen molar-refractivity contribution in [3.63, 3.8) is 0 Å². The topological polar surface area (TPSA) is 101 Å². The van der Waals surface area contributed by atoms with Crippen molar-refractivity contribution in [2.45, 2.75) is 0 Å². The van der Waals surface area contributed by atoms with Crippen molar-refractivity contribution in [2.24, 2.45) is 0 Å². The third kappa shape index (κ3) is 2030. The summed E-state index contributed by atoms with van der Waals surface area (Å²) in [7, 11) is 0. The molecule has 0 radical (unpaired) electrons. The maximum atomic E-state index is 8.25. The molecule has 36 valence electrons. The molecule has 6 heteroatoms. The Hall–Kier alpha value is -0.126. The Morgan fingerprint density at radius 1 is 1.33 bits per heavy atom.